The van der Waals surface area contributed by atoms with Gasteiger partial charge in [-0.3, -0.25) is 0 Å². The molecular weight excluding hydrogens is 416 g/mol. The SMILES string of the molecule is CC(C)(C)c1cc(C(C)(C)c2cccc(C(C)(C)c3ccc(O)c(C(C)(C)C)c3)c2)ccc1O. The summed E-state index contributed by atoms with van der Waals surface area (Å²) in [7, 11) is 0. The van der Waals surface area contributed by atoms with Crippen LogP contribution in [0.25, 0.3) is 0 Å². The molecule has 34 heavy (non-hydrogen) atoms. The quantitative estimate of drug-likeness (QED) is 0.412. The highest BCUT2D eigenvalue weighted by molar-refractivity contribution is 5.50. The second-order valence-electron chi connectivity index (χ2n) is 12.8. The van der Waals surface area contributed by atoms with Crippen LogP contribution in [-0.4, -0.2) is 10.2 Å². The van der Waals surface area contributed by atoms with Gasteiger partial charge in [0, 0.05) is 10.8 Å². The third-order valence-electron chi connectivity index (χ3n) is 7.36. The monoisotopic (exact) mass is 458 g/mol. The van der Waals surface area contributed by atoms with Gasteiger partial charge in [0.25, 0.3) is 0 Å². The van der Waals surface area contributed by atoms with Crippen molar-refractivity contribution in [1.82, 2.24) is 0 Å². The fourth-order valence-corrected chi connectivity index (χ4v) is 4.68. The number of benzene rings is 3. The standard InChI is InChI=1S/C32H42O2/c1-29(2,3)25-19-23(14-16-27(25)33)31(7,8)21-12-11-13-22(18-21)32(9,10)24-15-17-28(34)26(20-24)30(4,5)6/h11-20,33-34H,1-10H3. The van der Waals surface area contributed by atoms with Gasteiger partial charge in [-0.1, -0.05) is 118 Å². The Balaban J connectivity index is 2.08. The predicted molar refractivity (Wildman–Crippen MR) is 144 cm³/mol. The molecule has 0 saturated heterocycles. The molecule has 0 spiro atoms. The average molecular weight is 459 g/mol. The molecular formula is C32H42O2. The van der Waals surface area contributed by atoms with Crippen molar-refractivity contribution in [3.05, 3.63) is 94.0 Å². The minimum absolute atomic E-state index is 0.135. The first-order valence-corrected chi connectivity index (χ1v) is 12.2. The number of rotatable bonds is 4. The highest BCUT2D eigenvalue weighted by atomic mass is 16.3. The summed E-state index contributed by atoms with van der Waals surface area (Å²) in [5.74, 6) is 0.702. The van der Waals surface area contributed by atoms with E-state index in [-0.39, 0.29) is 21.7 Å². The van der Waals surface area contributed by atoms with E-state index in [0.29, 0.717) is 11.5 Å². The molecule has 0 aliphatic carbocycles. The van der Waals surface area contributed by atoms with Crippen LogP contribution in [0, 0.1) is 0 Å². The van der Waals surface area contributed by atoms with Crippen LogP contribution in [0.5, 0.6) is 11.5 Å². The largest absolute Gasteiger partial charge is 0.508 e. The lowest BCUT2D eigenvalue weighted by Crippen LogP contribution is -2.24. The van der Waals surface area contributed by atoms with Crippen molar-refractivity contribution < 1.29 is 10.2 Å². The summed E-state index contributed by atoms with van der Waals surface area (Å²) in [5.41, 5.74) is 6.04. The molecule has 3 rings (SSSR count). The number of aromatic hydroxyl groups is 2. The Morgan fingerprint density at radius 1 is 0.441 bits per heavy atom. The van der Waals surface area contributed by atoms with Gasteiger partial charge in [0.15, 0.2) is 0 Å². The number of hydrogen-bond acceptors (Lipinski definition) is 2. The summed E-state index contributed by atoms with van der Waals surface area (Å²) in [5, 5.41) is 20.9. The van der Waals surface area contributed by atoms with Gasteiger partial charge in [-0.15, -0.1) is 0 Å². The van der Waals surface area contributed by atoms with E-state index in [9.17, 15) is 10.2 Å². The van der Waals surface area contributed by atoms with E-state index in [2.05, 4.69) is 106 Å². The van der Waals surface area contributed by atoms with Crippen molar-refractivity contribution in [1.29, 1.82) is 0 Å². The van der Waals surface area contributed by atoms with Crippen LogP contribution in [0.4, 0.5) is 0 Å². The highest BCUT2D eigenvalue weighted by Crippen LogP contribution is 2.41. The van der Waals surface area contributed by atoms with E-state index in [0.717, 1.165) is 11.1 Å². The van der Waals surface area contributed by atoms with Gasteiger partial charge >= 0.3 is 0 Å². The van der Waals surface area contributed by atoms with E-state index in [4.69, 9.17) is 0 Å². The van der Waals surface area contributed by atoms with Crippen molar-refractivity contribution in [2.24, 2.45) is 0 Å². The molecule has 0 atom stereocenters. The van der Waals surface area contributed by atoms with Crippen LogP contribution < -0.4 is 0 Å². The van der Waals surface area contributed by atoms with Gasteiger partial charge in [-0.05, 0) is 56.3 Å². The Kier molecular flexibility index (Phi) is 6.46. The van der Waals surface area contributed by atoms with E-state index >= 15 is 0 Å². The molecule has 0 amide bonds. The molecule has 2 heteroatoms. The molecule has 0 unspecified atom stereocenters. The van der Waals surface area contributed by atoms with Crippen molar-refractivity contribution in [3.8, 4) is 11.5 Å². The lowest BCUT2D eigenvalue weighted by atomic mass is 9.71. The minimum atomic E-state index is -0.231. The summed E-state index contributed by atoms with van der Waals surface area (Å²) in [4.78, 5) is 0. The third kappa shape index (κ3) is 4.87. The molecule has 2 nitrogen and oxygen atoms in total. The average Bonchev–Trinajstić information content (AvgIpc) is 2.72. The van der Waals surface area contributed by atoms with Crippen molar-refractivity contribution >= 4 is 0 Å². The molecule has 0 saturated carbocycles. The molecule has 182 valence electrons. The van der Waals surface area contributed by atoms with Gasteiger partial charge in [0.05, 0.1) is 0 Å². The first kappa shape index (κ1) is 25.9. The van der Waals surface area contributed by atoms with E-state index in [1.54, 1.807) is 0 Å². The highest BCUT2D eigenvalue weighted by Gasteiger charge is 2.30. The van der Waals surface area contributed by atoms with E-state index < -0.39 is 0 Å². The fourth-order valence-electron chi connectivity index (χ4n) is 4.68. The van der Waals surface area contributed by atoms with Crippen molar-refractivity contribution in [3.63, 3.8) is 0 Å². The van der Waals surface area contributed by atoms with Crippen LogP contribution in [0.3, 0.4) is 0 Å². The topological polar surface area (TPSA) is 40.5 Å². The van der Waals surface area contributed by atoms with Crippen molar-refractivity contribution in [2.75, 3.05) is 0 Å². The predicted octanol–water partition coefficient (Wildman–Crippen LogP) is 8.34. The zero-order valence-electron chi connectivity index (χ0n) is 22.7. The van der Waals surface area contributed by atoms with Crippen LogP contribution in [0.15, 0.2) is 60.7 Å². The normalized spacial score (nSPS) is 13.2. The first-order valence-electron chi connectivity index (χ1n) is 12.2. The van der Waals surface area contributed by atoms with E-state index in [1.165, 1.54) is 22.3 Å². The molecule has 3 aromatic rings. The number of phenols is 2. The van der Waals surface area contributed by atoms with Crippen LogP contribution in [0.2, 0.25) is 0 Å². The fraction of sp³-hybridized carbons (Fsp3) is 0.438. The molecule has 3 aromatic carbocycles. The Bertz CT molecular complexity index is 1090. The summed E-state index contributed by atoms with van der Waals surface area (Å²) in [6, 6.07) is 20.9. The van der Waals surface area contributed by atoms with Gasteiger partial charge in [-0.25, -0.2) is 0 Å². The first-order chi connectivity index (χ1) is 15.5. The summed E-state index contributed by atoms with van der Waals surface area (Å²) >= 11 is 0. The van der Waals surface area contributed by atoms with Gasteiger partial charge < -0.3 is 10.2 Å². The molecule has 0 aliphatic rings. The summed E-state index contributed by atoms with van der Waals surface area (Å²) in [6.07, 6.45) is 0. The van der Waals surface area contributed by atoms with Crippen molar-refractivity contribution in [2.45, 2.75) is 90.9 Å². The lowest BCUT2D eigenvalue weighted by Gasteiger charge is -2.32. The Hall–Kier alpha value is -2.74. The zero-order valence-corrected chi connectivity index (χ0v) is 22.7. The lowest BCUT2D eigenvalue weighted by molar-refractivity contribution is 0.444. The van der Waals surface area contributed by atoms with Gasteiger partial charge in [0.1, 0.15) is 11.5 Å². The molecule has 0 heterocycles. The van der Waals surface area contributed by atoms with E-state index in [1.807, 2.05) is 24.3 Å². The van der Waals surface area contributed by atoms with Crippen LogP contribution in [0.1, 0.15) is 103 Å². The summed E-state index contributed by atoms with van der Waals surface area (Å²) in [6.45, 7) is 21.8. The maximum atomic E-state index is 10.5. The molecule has 0 bridgehead atoms. The zero-order chi connectivity index (χ0) is 25.7. The molecule has 0 fully saturated rings. The van der Waals surface area contributed by atoms with Crippen LogP contribution in [-0.2, 0) is 21.7 Å². The Morgan fingerprint density at radius 3 is 1.09 bits per heavy atom. The van der Waals surface area contributed by atoms with Gasteiger partial charge in [0.2, 0.25) is 0 Å². The number of hydrogen-bond donors (Lipinski definition) is 2. The van der Waals surface area contributed by atoms with Gasteiger partial charge in [-0.2, -0.15) is 0 Å². The number of phenolic OH excluding ortho intramolecular Hbond substituents is 2. The maximum Gasteiger partial charge on any atom is 0.119 e. The minimum Gasteiger partial charge on any atom is -0.508 e. The maximum absolute atomic E-state index is 10.5. The second-order valence-corrected chi connectivity index (χ2v) is 12.8. The Labute approximate surface area is 206 Å². The molecule has 0 aliphatic heterocycles. The van der Waals surface area contributed by atoms with Crippen LogP contribution >= 0.6 is 0 Å². The second kappa shape index (κ2) is 8.48. The smallest absolute Gasteiger partial charge is 0.119 e. The Morgan fingerprint density at radius 2 is 0.765 bits per heavy atom. The molecule has 0 aromatic heterocycles. The molecule has 2 N–H and O–H groups in total. The third-order valence-corrected chi connectivity index (χ3v) is 7.36. The summed E-state index contributed by atoms with van der Waals surface area (Å²) < 4.78 is 0. The molecule has 0 radical (unpaired) electrons.